The van der Waals surface area contributed by atoms with Gasteiger partial charge in [-0.15, -0.1) is 0 Å². The van der Waals surface area contributed by atoms with Crippen LogP contribution in [0.2, 0.25) is 19.6 Å². The SMILES string of the molecule is CCOP(=O)(OCC)C(CC(C)(C)C)(O[Si](C)(C)C)P(=S)(OCC)OCC. The Kier molecular flexibility index (Phi) is 11.1. The minimum atomic E-state index is -3.83. The summed E-state index contributed by atoms with van der Waals surface area (Å²) in [6.07, 6.45) is 0.346. The number of hydrogen-bond donors (Lipinski definition) is 0. The highest BCUT2D eigenvalue weighted by Crippen LogP contribution is 2.81. The lowest BCUT2D eigenvalue weighted by atomic mass is 9.93. The molecule has 0 fully saturated rings. The Balaban J connectivity index is 7.00. The average molecular weight is 463 g/mol. The van der Waals surface area contributed by atoms with Crippen LogP contribution in [0.15, 0.2) is 0 Å². The van der Waals surface area contributed by atoms with Crippen molar-refractivity contribution in [2.75, 3.05) is 26.4 Å². The molecule has 0 aliphatic heterocycles. The van der Waals surface area contributed by atoms with Crippen LogP contribution < -0.4 is 0 Å². The van der Waals surface area contributed by atoms with E-state index < -0.39 is 27.5 Å². The monoisotopic (exact) mass is 462 g/mol. The molecule has 0 amide bonds. The first-order valence-electron chi connectivity index (χ1n) is 9.64. The minimum Gasteiger partial charge on any atom is -0.394 e. The van der Waals surface area contributed by atoms with E-state index in [1.165, 1.54) is 0 Å². The number of hydrogen-bond acceptors (Lipinski definition) is 7. The quantitative estimate of drug-likeness (QED) is 0.226. The minimum absolute atomic E-state index is 0.214. The van der Waals surface area contributed by atoms with Gasteiger partial charge in [-0.1, -0.05) is 20.8 Å². The first-order chi connectivity index (χ1) is 12.2. The van der Waals surface area contributed by atoms with Crippen molar-refractivity contribution in [2.24, 2.45) is 5.41 Å². The smallest absolute Gasteiger partial charge is 0.371 e. The highest BCUT2D eigenvalue weighted by molar-refractivity contribution is 8.13. The van der Waals surface area contributed by atoms with Crippen molar-refractivity contribution in [3.8, 4) is 0 Å². The Morgan fingerprint density at radius 3 is 1.44 bits per heavy atom. The van der Waals surface area contributed by atoms with Gasteiger partial charge in [-0.05, 0) is 64.6 Å². The molecule has 0 rings (SSSR count). The van der Waals surface area contributed by atoms with Gasteiger partial charge in [0.05, 0.1) is 26.4 Å². The molecular formula is C17H40O6P2SSi. The van der Waals surface area contributed by atoms with Crippen LogP contribution in [0.1, 0.15) is 54.9 Å². The average Bonchev–Trinajstić information content (AvgIpc) is 2.44. The Hall–Kier alpha value is 0.897. The topological polar surface area (TPSA) is 63.2 Å². The van der Waals surface area contributed by atoms with Gasteiger partial charge >= 0.3 is 7.60 Å². The molecule has 1 unspecified atom stereocenters. The van der Waals surface area contributed by atoms with E-state index in [1.54, 1.807) is 13.8 Å². The maximum atomic E-state index is 14.2. The fourth-order valence-electron chi connectivity index (χ4n) is 2.83. The summed E-state index contributed by atoms with van der Waals surface area (Å²) in [5.74, 6) is 0. The van der Waals surface area contributed by atoms with E-state index in [4.69, 9.17) is 34.3 Å². The van der Waals surface area contributed by atoms with Crippen LogP contribution in [-0.4, -0.2) is 39.8 Å². The summed E-state index contributed by atoms with van der Waals surface area (Å²) >= 11 is 5.98. The highest BCUT2D eigenvalue weighted by atomic mass is 32.5. The van der Waals surface area contributed by atoms with Crippen LogP contribution in [-0.2, 0) is 38.9 Å². The molecule has 164 valence electrons. The zero-order chi connectivity index (χ0) is 21.6. The van der Waals surface area contributed by atoms with E-state index in [0.29, 0.717) is 19.6 Å². The van der Waals surface area contributed by atoms with E-state index in [-0.39, 0.29) is 18.6 Å². The summed E-state index contributed by atoms with van der Waals surface area (Å²) in [5.41, 5.74) is -0.276. The van der Waals surface area contributed by atoms with Gasteiger partial charge in [0.2, 0.25) is 11.6 Å². The molecule has 0 aromatic carbocycles. The maximum Gasteiger partial charge on any atom is 0.371 e. The van der Waals surface area contributed by atoms with Gasteiger partial charge in [0, 0.05) is 6.42 Å². The van der Waals surface area contributed by atoms with Crippen LogP contribution in [0, 0.1) is 5.41 Å². The third-order valence-corrected chi connectivity index (χ3v) is 12.6. The molecule has 0 saturated carbocycles. The molecule has 0 aliphatic carbocycles. The van der Waals surface area contributed by atoms with E-state index in [1.807, 2.05) is 33.5 Å². The summed E-state index contributed by atoms with van der Waals surface area (Å²) in [5, 5.41) is -1.46. The van der Waals surface area contributed by atoms with Crippen LogP contribution in [0.5, 0.6) is 0 Å². The molecule has 6 nitrogen and oxygen atoms in total. The van der Waals surface area contributed by atoms with Gasteiger partial charge in [0.1, 0.15) is 0 Å². The largest absolute Gasteiger partial charge is 0.394 e. The highest BCUT2D eigenvalue weighted by Gasteiger charge is 2.65. The molecular weight excluding hydrogens is 422 g/mol. The van der Waals surface area contributed by atoms with Gasteiger partial charge < -0.3 is 22.5 Å². The lowest BCUT2D eigenvalue weighted by molar-refractivity contribution is 0.0814. The molecule has 0 aromatic rings. The zero-order valence-electron chi connectivity index (χ0n) is 18.8. The van der Waals surface area contributed by atoms with Gasteiger partial charge in [-0.2, -0.15) is 0 Å². The van der Waals surface area contributed by atoms with Crippen molar-refractivity contribution in [3.05, 3.63) is 0 Å². The van der Waals surface area contributed by atoms with Crippen molar-refractivity contribution in [3.63, 3.8) is 0 Å². The molecule has 0 bridgehead atoms. The molecule has 0 N–H and O–H groups in total. The summed E-state index contributed by atoms with van der Waals surface area (Å²) < 4.78 is 44.6. The molecule has 0 spiro atoms. The predicted molar refractivity (Wildman–Crippen MR) is 120 cm³/mol. The second kappa shape index (κ2) is 10.8. The summed E-state index contributed by atoms with van der Waals surface area (Å²) in [4.78, 5) is 0. The molecule has 0 heterocycles. The third-order valence-electron chi connectivity index (χ3n) is 3.28. The summed E-state index contributed by atoms with van der Waals surface area (Å²) in [6, 6.07) is 0. The lowest BCUT2D eigenvalue weighted by Crippen LogP contribution is -2.46. The number of rotatable bonds is 13. The first-order valence-corrected chi connectivity index (χ1v) is 17.2. The maximum absolute atomic E-state index is 14.2. The molecule has 27 heavy (non-hydrogen) atoms. The normalized spacial score (nSPS) is 16.4. The van der Waals surface area contributed by atoms with Crippen LogP contribution >= 0.6 is 14.1 Å². The Labute approximate surface area is 172 Å². The molecule has 0 aromatic heterocycles. The van der Waals surface area contributed by atoms with Crippen molar-refractivity contribution >= 4 is 34.2 Å². The Bertz CT molecular complexity index is 477. The molecule has 0 saturated heterocycles. The second-order valence-electron chi connectivity index (χ2n) is 8.36. The van der Waals surface area contributed by atoms with Gasteiger partial charge in [0.15, 0.2) is 8.32 Å². The van der Waals surface area contributed by atoms with E-state index >= 15 is 0 Å². The van der Waals surface area contributed by atoms with Crippen LogP contribution in [0.3, 0.4) is 0 Å². The van der Waals surface area contributed by atoms with Gasteiger partial charge in [-0.3, -0.25) is 4.57 Å². The second-order valence-corrected chi connectivity index (χ2v) is 19.1. The van der Waals surface area contributed by atoms with Gasteiger partial charge in [-0.25, -0.2) is 0 Å². The Morgan fingerprint density at radius 2 is 1.19 bits per heavy atom. The van der Waals surface area contributed by atoms with Crippen molar-refractivity contribution < 1.29 is 27.1 Å². The predicted octanol–water partition coefficient (Wildman–Crippen LogP) is 6.58. The molecule has 0 aliphatic rings. The summed E-state index contributed by atoms with van der Waals surface area (Å²) in [6.45, 7) is 17.4. The Morgan fingerprint density at radius 1 is 0.815 bits per heavy atom. The van der Waals surface area contributed by atoms with E-state index in [0.717, 1.165) is 0 Å². The van der Waals surface area contributed by atoms with Crippen molar-refractivity contribution in [2.45, 2.75) is 79.6 Å². The van der Waals surface area contributed by atoms with Crippen molar-refractivity contribution in [1.82, 2.24) is 0 Å². The third kappa shape index (κ3) is 7.58. The first kappa shape index (κ1) is 27.9. The van der Waals surface area contributed by atoms with Crippen molar-refractivity contribution in [1.29, 1.82) is 0 Å². The molecule has 1 atom stereocenters. The zero-order valence-corrected chi connectivity index (χ0v) is 22.4. The molecule has 10 heteroatoms. The fourth-order valence-corrected chi connectivity index (χ4v) is 14.0. The van der Waals surface area contributed by atoms with Gasteiger partial charge in [0.25, 0.3) is 0 Å². The standard InChI is InChI=1S/C17H40O6P2SSi/c1-11-19-24(18,20-12-2)17(15-16(5,6)7,23-27(8,9)10)25(26,21-13-3)22-14-4/h11-15H2,1-10H3. The summed E-state index contributed by atoms with van der Waals surface area (Å²) in [7, 11) is -6.09. The van der Waals surface area contributed by atoms with Crippen LogP contribution in [0.4, 0.5) is 0 Å². The van der Waals surface area contributed by atoms with Crippen LogP contribution in [0.25, 0.3) is 0 Å². The van der Waals surface area contributed by atoms with E-state index in [9.17, 15) is 4.57 Å². The van der Waals surface area contributed by atoms with E-state index in [2.05, 4.69) is 20.8 Å². The lowest BCUT2D eigenvalue weighted by Gasteiger charge is -2.49. The molecule has 0 radical (unpaired) electrons. The fraction of sp³-hybridized carbons (Fsp3) is 1.00.